The molecule has 0 unspecified atom stereocenters. The molecular weight excluding hydrogens is 292 g/mol. The average Bonchev–Trinajstić information content (AvgIpc) is 2.46. The minimum Gasteiger partial charge on any atom is -0.372 e. The van der Waals surface area contributed by atoms with E-state index in [2.05, 4.69) is 10.0 Å². The summed E-state index contributed by atoms with van der Waals surface area (Å²) < 4.78 is 31.4. The Morgan fingerprint density at radius 3 is 2.43 bits per heavy atom. The average molecular weight is 314 g/mol. The SMILES string of the molecule is CCCCNS(=O)(=O)c1ccc(NC(=O)COCC)cc1. The van der Waals surface area contributed by atoms with E-state index in [0.29, 0.717) is 18.8 Å². The molecule has 0 fully saturated rings. The van der Waals surface area contributed by atoms with Crippen LogP contribution in [0.1, 0.15) is 26.7 Å². The van der Waals surface area contributed by atoms with E-state index in [-0.39, 0.29) is 17.4 Å². The lowest BCUT2D eigenvalue weighted by atomic mass is 10.3. The molecule has 0 radical (unpaired) electrons. The highest BCUT2D eigenvalue weighted by atomic mass is 32.2. The molecule has 2 N–H and O–H groups in total. The number of benzene rings is 1. The summed E-state index contributed by atoms with van der Waals surface area (Å²) in [5.41, 5.74) is 0.534. The molecule has 0 aliphatic rings. The highest BCUT2D eigenvalue weighted by Crippen LogP contribution is 2.14. The number of ether oxygens (including phenoxy) is 1. The van der Waals surface area contributed by atoms with Crippen LogP contribution in [0.5, 0.6) is 0 Å². The van der Waals surface area contributed by atoms with E-state index in [1.165, 1.54) is 12.1 Å². The van der Waals surface area contributed by atoms with Gasteiger partial charge in [0, 0.05) is 18.8 Å². The summed E-state index contributed by atoms with van der Waals surface area (Å²) in [4.78, 5) is 11.6. The molecule has 0 atom stereocenters. The first-order valence-corrected chi connectivity index (χ1v) is 8.45. The summed E-state index contributed by atoms with van der Waals surface area (Å²) in [6.45, 7) is 4.67. The number of sulfonamides is 1. The van der Waals surface area contributed by atoms with Crippen LogP contribution in [-0.2, 0) is 19.6 Å². The maximum Gasteiger partial charge on any atom is 0.250 e. The van der Waals surface area contributed by atoms with Crippen LogP contribution in [0.15, 0.2) is 29.2 Å². The van der Waals surface area contributed by atoms with E-state index >= 15 is 0 Å². The van der Waals surface area contributed by atoms with Crippen LogP contribution in [-0.4, -0.2) is 34.1 Å². The minimum atomic E-state index is -3.48. The van der Waals surface area contributed by atoms with Gasteiger partial charge >= 0.3 is 0 Å². The summed E-state index contributed by atoms with van der Waals surface area (Å²) in [7, 11) is -3.48. The quantitative estimate of drug-likeness (QED) is 0.680. The van der Waals surface area contributed by atoms with Gasteiger partial charge in [-0.15, -0.1) is 0 Å². The highest BCUT2D eigenvalue weighted by molar-refractivity contribution is 7.89. The van der Waals surface area contributed by atoms with Gasteiger partial charge in [0.05, 0.1) is 4.90 Å². The fourth-order valence-electron chi connectivity index (χ4n) is 1.58. The molecule has 7 heteroatoms. The van der Waals surface area contributed by atoms with E-state index in [9.17, 15) is 13.2 Å². The van der Waals surface area contributed by atoms with Gasteiger partial charge in [0.1, 0.15) is 6.61 Å². The Kier molecular flexibility index (Phi) is 7.35. The smallest absolute Gasteiger partial charge is 0.250 e. The fraction of sp³-hybridized carbons (Fsp3) is 0.500. The molecule has 21 heavy (non-hydrogen) atoms. The van der Waals surface area contributed by atoms with E-state index in [1.54, 1.807) is 19.1 Å². The Morgan fingerprint density at radius 1 is 1.19 bits per heavy atom. The molecule has 1 rings (SSSR count). The second kappa shape index (κ2) is 8.76. The second-order valence-electron chi connectivity index (χ2n) is 4.46. The van der Waals surface area contributed by atoms with Gasteiger partial charge < -0.3 is 10.1 Å². The highest BCUT2D eigenvalue weighted by Gasteiger charge is 2.13. The van der Waals surface area contributed by atoms with E-state index in [1.807, 2.05) is 6.92 Å². The largest absolute Gasteiger partial charge is 0.372 e. The predicted molar refractivity (Wildman–Crippen MR) is 81.7 cm³/mol. The molecule has 0 aromatic heterocycles. The molecule has 1 aromatic rings. The first-order valence-electron chi connectivity index (χ1n) is 6.97. The third-order valence-electron chi connectivity index (χ3n) is 2.71. The zero-order valence-electron chi connectivity index (χ0n) is 12.4. The fourth-order valence-corrected chi connectivity index (χ4v) is 2.65. The summed E-state index contributed by atoms with van der Waals surface area (Å²) in [5, 5.41) is 2.63. The number of hydrogen-bond donors (Lipinski definition) is 2. The molecular formula is C14H22N2O4S. The van der Waals surface area contributed by atoms with Gasteiger partial charge in [-0.3, -0.25) is 4.79 Å². The van der Waals surface area contributed by atoms with Gasteiger partial charge in [-0.25, -0.2) is 13.1 Å². The van der Waals surface area contributed by atoms with E-state index < -0.39 is 10.0 Å². The molecule has 0 saturated carbocycles. The number of carbonyl (C=O) groups is 1. The van der Waals surface area contributed by atoms with Crippen LogP contribution in [0.4, 0.5) is 5.69 Å². The van der Waals surface area contributed by atoms with Crippen molar-refractivity contribution in [3.63, 3.8) is 0 Å². The molecule has 0 saturated heterocycles. The van der Waals surface area contributed by atoms with Crippen molar-refractivity contribution in [3.05, 3.63) is 24.3 Å². The second-order valence-corrected chi connectivity index (χ2v) is 6.23. The van der Waals surface area contributed by atoms with Crippen LogP contribution in [0, 0.1) is 0 Å². The number of carbonyl (C=O) groups excluding carboxylic acids is 1. The van der Waals surface area contributed by atoms with Gasteiger partial charge in [-0.05, 0) is 37.6 Å². The normalized spacial score (nSPS) is 11.3. The van der Waals surface area contributed by atoms with Gasteiger partial charge in [0.15, 0.2) is 0 Å². The third kappa shape index (κ3) is 6.24. The first kappa shape index (κ1) is 17.6. The number of amides is 1. The van der Waals surface area contributed by atoms with Crippen LogP contribution < -0.4 is 10.0 Å². The summed E-state index contributed by atoms with van der Waals surface area (Å²) in [5.74, 6) is -0.270. The van der Waals surface area contributed by atoms with Crippen molar-refractivity contribution >= 4 is 21.6 Å². The Bertz CT molecular complexity index is 541. The number of rotatable bonds is 9. The number of hydrogen-bond acceptors (Lipinski definition) is 4. The lowest BCUT2D eigenvalue weighted by Gasteiger charge is -2.08. The van der Waals surface area contributed by atoms with Gasteiger partial charge in [0.2, 0.25) is 15.9 Å². The molecule has 6 nitrogen and oxygen atoms in total. The Morgan fingerprint density at radius 2 is 1.86 bits per heavy atom. The topological polar surface area (TPSA) is 84.5 Å². The van der Waals surface area contributed by atoms with Crippen molar-refractivity contribution in [3.8, 4) is 0 Å². The monoisotopic (exact) mass is 314 g/mol. The van der Waals surface area contributed by atoms with Crippen LogP contribution in [0.3, 0.4) is 0 Å². The Balaban J connectivity index is 2.62. The summed E-state index contributed by atoms with van der Waals surface area (Å²) in [6.07, 6.45) is 1.72. The Hall–Kier alpha value is -1.44. The predicted octanol–water partition coefficient (Wildman–Crippen LogP) is 1.74. The van der Waals surface area contributed by atoms with Crippen molar-refractivity contribution in [2.75, 3.05) is 25.1 Å². The van der Waals surface area contributed by atoms with Crippen molar-refractivity contribution < 1.29 is 17.9 Å². The molecule has 0 heterocycles. The molecule has 118 valence electrons. The standard InChI is InChI=1S/C14H22N2O4S/c1-3-5-10-15-21(18,19)13-8-6-12(7-9-13)16-14(17)11-20-4-2/h6-9,15H,3-5,10-11H2,1-2H3,(H,16,17). The number of anilines is 1. The molecule has 0 aliphatic carbocycles. The number of unbranched alkanes of at least 4 members (excludes halogenated alkanes) is 1. The molecule has 1 aromatic carbocycles. The summed E-state index contributed by atoms with van der Waals surface area (Å²) in [6, 6.07) is 6.03. The Labute approximate surface area is 125 Å². The van der Waals surface area contributed by atoms with Crippen molar-refractivity contribution in [2.45, 2.75) is 31.6 Å². The maximum atomic E-state index is 12.0. The van der Waals surface area contributed by atoms with Gasteiger partial charge in [-0.1, -0.05) is 13.3 Å². The molecule has 1 amide bonds. The molecule has 0 bridgehead atoms. The lowest BCUT2D eigenvalue weighted by Crippen LogP contribution is -2.24. The molecule has 0 spiro atoms. The zero-order valence-corrected chi connectivity index (χ0v) is 13.2. The van der Waals surface area contributed by atoms with Crippen molar-refractivity contribution in [1.82, 2.24) is 4.72 Å². The number of nitrogens with one attached hydrogen (secondary N) is 2. The van der Waals surface area contributed by atoms with Gasteiger partial charge in [0.25, 0.3) is 0 Å². The van der Waals surface area contributed by atoms with E-state index in [4.69, 9.17) is 4.74 Å². The van der Waals surface area contributed by atoms with Crippen LogP contribution in [0.2, 0.25) is 0 Å². The van der Waals surface area contributed by atoms with Crippen molar-refractivity contribution in [2.24, 2.45) is 0 Å². The van der Waals surface area contributed by atoms with Crippen LogP contribution >= 0.6 is 0 Å². The zero-order chi connectivity index (χ0) is 15.7. The van der Waals surface area contributed by atoms with E-state index in [0.717, 1.165) is 12.8 Å². The maximum absolute atomic E-state index is 12.0. The van der Waals surface area contributed by atoms with Crippen molar-refractivity contribution in [1.29, 1.82) is 0 Å². The van der Waals surface area contributed by atoms with Gasteiger partial charge in [-0.2, -0.15) is 0 Å². The molecule has 0 aliphatic heterocycles. The lowest BCUT2D eigenvalue weighted by molar-refractivity contribution is -0.120. The summed E-state index contributed by atoms with van der Waals surface area (Å²) >= 11 is 0. The van der Waals surface area contributed by atoms with Crippen LogP contribution in [0.25, 0.3) is 0 Å². The third-order valence-corrected chi connectivity index (χ3v) is 4.18. The first-order chi connectivity index (χ1) is 9.99. The minimum absolute atomic E-state index is 0.0187.